The van der Waals surface area contributed by atoms with Gasteiger partial charge in [-0.15, -0.1) is 0 Å². The Hall–Kier alpha value is -0.700. The zero-order chi connectivity index (χ0) is 15.2. The average Bonchev–Trinajstić information content (AvgIpc) is 2.89. The summed E-state index contributed by atoms with van der Waals surface area (Å²) in [7, 11) is -0.792. The fourth-order valence-electron chi connectivity index (χ4n) is 2.33. The molecule has 1 unspecified atom stereocenters. The molecule has 1 aliphatic rings. The molecule has 0 spiro atoms. The van der Waals surface area contributed by atoms with Crippen molar-refractivity contribution in [3.63, 3.8) is 0 Å². The van der Waals surface area contributed by atoms with Crippen LogP contribution in [0.3, 0.4) is 0 Å². The maximum atomic E-state index is 12.0. The second kappa shape index (κ2) is 7.92. The number of esters is 1. The first kappa shape index (κ1) is 17.4. The Balaban J connectivity index is 2.42. The van der Waals surface area contributed by atoms with E-state index >= 15 is 0 Å². The van der Waals surface area contributed by atoms with Gasteiger partial charge in [-0.2, -0.15) is 12.7 Å². The fraction of sp³-hybridized carbons (Fsp3) is 0.917. The molecule has 0 radical (unpaired) electrons. The van der Waals surface area contributed by atoms with Gasteiger partial charge in [0.1, 0.15) is 0 Å². The smallest absolute Gasteiger partial charge is 0.306 e. The van der Waals surface area contributed by atoms with Gasteiger partial charge >= 0.3 is 5.97 Å². The Morgan fingerprint density at radius 1 is 1.50 bits per heavy atom. The molecule has 0 aromatic heterocycles. The number of ether oxygens (including phenoxy) is 1. The fourth-order valence-corrected chi connectivity index (χ4v) is 3.28. The van der Waals surface area contributed by atoms with Gasteiger partial charge in [-0.05, 0) is 25.9 Å². The molecular formula is C12H25N3O4S. The second-order valence-electron chi connectivity index (χ2n) is 4.93. The second-order valence-corrected chi connectivity index (χ2v) is 6.79. The monoisotopic (exact) mass is 307 g/mol. The Bertz CT molecular complexity index is 413. The molecule has 7 nitrogen and oxygen atoms in total. The lowest BCUT2D eigenvalue weighted by atomic mass is 10.2. The van der Waals surface area contributed by atoms with E-state index in [1.165, 1.54) is 14.2 Å². The van der Waals surface area contributed by atoms with E-state index in [1.807, 2.05) is 0 Å². The first-order valence-corrected chi connectivity index (χ1v) is 8.36. The zero-order valence-corrected chi connectivity index (χ0v) is 13.3. The van der Waals surface area contributed by atoms with Gasteiger partial charge in [-0.1, -0.05) is 6.92 Å². The van der Waals surface area contributed by atoms with Gasteiger partial charge in [-0.25, -0.2) is 4.72 Å². The highest BCUT2D eigenvalue weighted by molar-refractivity contribution is 7.87. The van der Waals surface area contributed by atoms with E-state index in [1.54, 1.807) is 0 Å². The molecule has 0 aromatic carbocycles. The maximum Gasteiger partial charge on any atom is 0.306 e. The molecule has 1 fully saturated rings. The molecule has 1 rings (SSSR count). The van der Waals surface area contributed by atoms with Crippen molar-refractivity contribution in [1.29, 1.82) is 0 Å². The van der Waals surface area contributed by atoms with E-state index < -0.39 is 16.2 Å². The minimum Gasteiger partial charge on any atom is -0.469 e. The summed E-state index contributed by atoms with van der Waals surface area (Å²) in [5.74, 6) is -0.417. The first-order chi connectivity index (χ1) is 9.40. The van der Waals surface area contributed by atoms with Gasteiger partial charge in [0.25, 0.3) is 10.2 Å². The highest BCUT2D eigenvalue weighted by Crippen LogP contribution is 2.15. The summed E-state index contributed by atoms with van der Waals surface area (Å²) in [4.78, 5) is 13.3. The van der Waals surface area contributed by atoms with Crippen molar-refractivity contribution in [2.24, 2.45) is 0 Å². The minimum atomic E-state index is -3.53. The molecule has 1 aliphatic heterocycles. The number of hydrogen-bond donors (Lipinski definition) is 1. The number of carbonyl (C=O) groups excluding carboxylic acids is 1. The lowest BCUT2D eigenvalue weighted by Crippen LogP contribution is -2.45. The van der Waals surface area contributed by atoms with Gasteiger partial charge in [0.15, 0.2) is 0 Å². The quantitative estimate of drug-likeness (QED) is 0.628. The van der Waals surface area contributed by atoms with Crippen LogP contribution in [0.25, 0.3) is 0 Å². The molecule has 20 heavy (non-hydrogen) atoms. The van der Waals surface area contributed by atoms with Crippen LogP contribution in [-0.4, -0.2) is 70.0 Å². The number of hydrogen-bond acceptors (Lipinski definition) is 5. The Kier molecular flexibility index (Phi) is 6.87. The van der Waals surface area contributed by atoms with Crippen LogP contribution < -0.4 is 4.72 Å². The normalized spacial score (nSPS) is 20.5. The number of likely N-dealkylation sites (tertiary alicyclic amines) is 1. The molecule has 8 heteroatoms. The van der Waals surface area contributed by atoms with Crippen molar-refractivity contribution in [2.45, 2.75) is 32.2 Å². The molecule has 1 N–H and O–H groups in total. The highest BCUT2D eigenvalue weighted by Gasteiger charge is 2.26. The zero-order valence-electron chi connectivity index (χ0n) is 12.5. The van der Waals surface area contributed by atoms with Gasteiger partial charge in [-0.3, -0.25) is 9.69 Å². The first-order valence-electron chi connectivity index (χ1n) is 6.92. The van der Waals surface area contributed by atoms with Crippen LogP contribution in [0.4, 0.5) is 0 Å². The summed E-state index contributed by atoms with van der Waals surface area (Å²) in [6.45, 7) is 4.57. The number of rotatable bonds is 8. The molecule has 1 atom stereocenters. The largest absolute Gasteiger partial charge is 0.469 e. The molecule has 0 saturated carbocycles. The van der Waals surface area contributed by atoms with E-state index in [0.717, 1.165) is 30.2 Å². The average molecular weight is 307 g/mol. The molecule has 0 aromatic rings. The summed E-state index contributed by atoms with van der Waals surface area (Å²) in [5.41, 5.74) is 0. The Morgan fingerprint density at radius 3 is 2.80 bits per heavy atom. The predicted octanol–water partition coefficient (Wildman–Crippen LogP) is -0.200. The summed E-state index contributed by atoms with van der Waals surface area (Å²) < 4.78 is 32.3. The van der Waals surface area contributed by atoms with Gasteiger partial charge in [0.05, 0.1) is 13.5 Å². The lowest BCUT2D eigenvalue weighted by molar-refractivity contribution is -0.140. The van der Waals surface area contributed by atoms with E-state index in [9.17, 15) is 13.2 Å². The van der Waals surface area contributed by atoms with Crippen LogP contribution in [0.1, 0.15) is 26.2 Å². The number of nitrogens with one attached hydrogen (secondary N) is 1. The standard InChI is InChI=1S/C12H25N3O4S/c1-4-15-8-5-6-11(15)10-13-20(17,18)14(2)9-7-12(16)19-3/h11,13H,4-10H2,1-3H3. The summed E-state index contributed by atoms with van der Waals surface area (Å²) in [6.07, 6.45) is 2.18. The molecule has 118 valence electrons. The van der Waals surface area contributed by atoms with Crippen molar-refractivity contribution in [1.82, 2.24) is 13.9 Å². The van der Waals surface area contributed by atoms with Crippen molar-refractivity contribution in [2.75, 3.05) is 40.3 Å². The van der Waals surface area contributed by atoms with Crippen LogP contribution in [0.5, 0.6) is 0 Å². The number of methoxy groups -OCH3 is 1. The third kappa shape index (κ3) is 5.01. The van der Waals surface area contributed by atoms with Crippen LogP contribution >= 0.6 is 0 Å². The number of likely N-dealkylation sites (N-methyl/N-ethyl adjacent to an activating group) is 1. The maximum absolute atomic E-state index is 12.0. The third-order valence-corrected chi connectivity index (χ3v) is 5.21. The van der Waals surface area contributed by atoms with Crippen molar-refractivity contribution >= 4 is 16.2 Å². The highest BCUT2D eigenvalue weighted by atomic mass is 32.2. The van der Waals surface area contributed by atoms with Crippen LogP contribution in [0.2, 0.25) is 0 Å². The van der Waals surface area contributed by atoms with Crippen molar-refractivity contribution in [3.8, 4) is 0 Å². The van der Waals surface area contributed by atoms with E-state index in [4.69, 9.17) is 0 Å². The summed E-state index contributed by atoms with van der Waals surface area (Å²) in [5, 5.41) is 0. The molecule has 1 heterocycles. The lowest BCUT2D eigenvalue weighted by Gasteiger charge is -2.24. The van der Waals surface area contributed by atoms with Gasteiger partial charge in [0.2, 0.25) is 0 Å². The molecule has 0 aliphatic carbocycles. The summed E-state index contributed by atoms with van der Waals surface area (Å²) >= 11 is 0. The van der Waals surface area contributed by atoms with Gasteiger partial charge in [0, 0.05) is 26.2 Å². The molecule has 0 amide bonds. The SMILES string of the molecule is CCN1CCCC1CNS(=O)(=O)N(C)CCC(=O)OC. The third-order valence-electron chi connectivity index (χ3n) is 3.68. The van der Waals surface area contributed by atoms with Crippen molar-refractivity contribution in [3.05, 3.63) is 0 Å². The van der Waals surface area contributed by atoms with Crippen LogP contribution in [-0.2, 0) is 19.7 Å². The number of carbonyl (C=O) groups is 1. The summed E-state index contributed by atoms with van der Waals surface area (Å²) in [6, 6.07) is 0.267. The Morgan fingerprint density at radius 2 is 2.20 bits per heavy atom. The molecule has 1 saturated heterocycles. The van der Waals surface area contributed by atoms with Crippen molar-refractivity contribution < 1.29 is 17.9 Å². The van der Waals surface area contributed by atoms with E-state index in [-0.39, 0.29) is 19.0 Å². The van der Waals surface area contributed by atoms with Crippen LogP contribution in [0, 0.1) is 0 Å². The van der Waals surface area contributed by atoms with Crippen LogP contribution in [0.15, 0.2) is 0 Å². The topological polar surface area (TPSA) is 79.0 Å². The predicted molar refractivity (Wildman–Crippen MR) is 76.5 cm³/mol. The Labute approximate surface area is 121 Å². The molecule has 0 bridgehead atoms. The van der Waals surface area contributed by atoms with Gasteiger partial charge < -0.3 is 4.74 Å². The number of nitrogens with zero attached hydrogens (tertiary/aromatic N) is 2. The minimum absolute atomic E-state index is 0.0540. The molecular weight excluding hydrogens is 282 g/mol. The van der Waals surface area contributed by atoms with E-state index in [0.29, 0.717) is 6.54 Å². The van der Waals surface area contributed by atoms with E-state index in [2.05, 4.69) is 21.3 Å².